The van der Waals surface area contributed by atoms with E-state index in [4.69, 9.17) is 23.2 Å². The number of rotatable bonds is 9. The molecule has 0 amide bonds. The Hall–Kier alpha value is -2.20. The smallest absolute Gasteiger partial charge is 0.356 e. The van der Waals surface area contributed by atoms with Gasteiger partial charge in [-0.3, -0.25) is 4.31 Å². The van der Waals surface area contributed by atoms with Gasteiger partial charge < -0.3 is 9.80 Å². The van der Waals surface area contributed by atoms with E-state index >= 15 is 0 Å². The molecule has 0 unspecified atom stereocenters. The first-order valence-electron chi connectivity index (χ1n) is 9.93. The van der Waals surface area contributed by atoms with E-state index in [9.17, 15) is 46.3 Å². The zero-order valence-corrected chi connectivity index (χ0v) is 23.0. The van der Waals surface area contributed by atoms with Crippen LogP contribution >= 0.6 is 33.4 Å². The number of likely N-dealkylation sites (N-methyl/N-ethyl adjacent to an activating group) is 2. The molecule has 2 aromatic rings. The number of hydrogen-bond donors (Lipinski definition) is 0. The molecule has 0 fully saturated rings. The molecule has 20 heteroatoms. The summed E-state index contributed by atoms with van der Waals surface area (Å²) < 4.78 is 132. The van der Waals surface area contributed by atoms with Gasteiger partial charge in [-0.1, -0.05) is 42.6 Å². The predicted octanol–water partition coefficient (Wildman–Crippen LogP) is 6.03. The van der Waals surface area contributed by atoms with Gasteiger partial charge in [0.2, 0.25) is 10.0 Å². The van der Waals surface area contributed by atoms with E-state index in [0.717, 1.165) is 4.90 Å². The van der Waals surface area contributed by atoms with Gasteiger partial charge in [-0.05, 0) is 26.2 Å². The van der Waals surface area contributed by atoms with Crippen molar-refractivity contribution in [1.29, 1.82) is 5.26 Å². The number of hydrogen-bond acceptors (Lipinski definition) is 6. The molecule has 0 aliphatic carbocycles. The van der Waals surface area contributed by atoms with Crippen LogP contribution in [-0.2, 0) is 10.0 Å². The highest BCUT2D eigenvalue weighted by Gasteiger charge is 2.65. The van der Waals surface area contributed by atoms with Gasteiger partial charge in [-0.15, -0.1) is 0 Å². The van der Waals surface area contributed by atoms with Crippen LogP contribution in [0.2, 0.25) is 10.0 Å². The number of nitrogens with zero attached hydrogens (tertiary/aromatic N) is 6. The van der Waals surface area contributed by atoms with Crippen LogP contribution in [0.4, 0.5) is 44.1 Å². The van der Waals surface area contributed by atoms with Crippen LogP contribution in [-0.4, -0.2) is 76.3 Å². The Morgan fingerprint density at radius 3 is 1.92 bits per heavy atom. The number of nitriles is 1. The SMILES string of the molecule is CN(C)CCN(C)c1c(N(CC(F)(F)F)S(C)(=O)=O)c(C#N)nn1-c1c(Cl)cc(S(F)(F)(F)(F)F)cc1Cl. The molecule has 38 heavy (non-hydrogen) atoms. The molecule has 0 radical (unpaired) electrons. The number of benzene rings is 1. The van der Waals surface area contributed by atoms with E-state index in [1.54, 1.807) is 19.0 Å². The zero-order valence-electron chi connectivity index (χ0n) is 19.9. The van der Waals surface area contributed by atoms with E-state index in [1.807, 2.05) is 0 Å². The van der Waals surface area contributed by atoms with Gasteiger partial charge in [0.05, 0.1) is 16.3 Å². The third-order valence-electron chi connectivity index (χ3n) is 4.81. The molecule has 0 aliphatic heterocycles. The second-order valence-corrected chi connectivity index (χ2v) is 13.5. The van der Waals surface area contributed by atoms with Crippen molar-refractivity contribution in [2.45, 2.75) is 11.1 Å². The third-order valence-corrected chi connectivity index (χ3v) is 7.62. The number of halogens is 10. The van der Waals surface area contributed by atoms with Crippen molar-refractivity contribution < 1.29 is 41.0 Å². The summed E-state index contributed by atoms with van der Waals surface area (Å²) in [5.74, 6) is -0.540. The van der Waals surface area contributed by atoms with Gasteiger partial charge in [-0.2, -0.15) is 23.5 Å². The van der Waals surface area contributed by atoms with E-state index < -0.39 is 70.8 Å². The summed E-state index contributed by atoms with van der Waals surface area (Å²) in [5.41, 5.74) is -2.48. The highest BCUT2D eigenvalue weighted by Crippen LogP contribution is 3.02. The molecule has 8 nitrogen and oxygen atoms in total. The summed E-state index contributed by atoms with van der Waals surface area (Å²) in [6, 6.07) is 1.15. The van der Waals surface area contributed by atoms with E-state index in [-0.39, 0.29) is 29.5 Å². The van der Waals surface area contributed by atoms with Gasteiger partial charge in [0.15, 0.2) is 11.5 Å². The minimum Gasteiger partial charge on any atom is -0.356 e. The van der Waals surface area contributed by atoms with Crippen molar-refractivity contribution in [3.8, 4) is 11.8 Å². The third kappa shape index (κ3) is 7.46. The standard InChI is InChI=1S/C18H20Cl2F8N6O2S2/c1-31(2)5-6-32(3)17-16(33(37(4,35)36)10-18(21,22)23)14(9-29)30-34(17)15-12(19)7-11(8-13(15)20)38(24,25,26,27)28/h7-8H,5-6,10H2,1-4H3. The minimum absolute atomic E-state index is 0.0427. The predicted molar refractivity (Wildman–Crippen MR) is 130 cm³/mol. The van der Waals surface area contributed by atoms with E-state index in [2.05, 4.69) is 5.10 Å². The normalized spacial score (nSPS) is 14.7. The quantitative estimate of drug-likeness (QED) is 0.312. The van der Waals surface area contributed by atoms with Crippen molar-refractivity contribution in [2.75, 3.05) is 56.2 Å². The molecular weight excluding hydrogens is 619 g/mol. The van der Waals surface area contributed by atoms with E-state index in [1.165, 1.54) is 13.1 Å². The minimum atomic E-state index is -10.3. The Labute approximate surface area is 222 Å². The lowest BCUT2D eigenvalue weighted by Crippen LogP contribution is -2.40. The number of aromatic nitrogens is 2. The second-order valence-electron chi connectivity index (χ2n) is 8.36. The maximum atomic E-state index is 13.4. The first-order chi connectivity index (χ1) is 16.8. The van der Waals surface area contributed by atoms with Gasteiger partial charge in [0.25, 0.3) is 0 Å². The molecule has 216 valence electrons. The summed E-state index contributed by atoms with van der Waals surface area (Å²) >= 11 is 11.8. The van der Waals surface area contributed by atoms with Crippen molar-refractivity contribution in [3.05, 3.63) is 27.9 Å². The van der Waals surface area contributed by atoms with Crippen LogP contribution < -0.4 is 9.21 Å². The average Bonchev–Trinajstić information content (AvgIpc) is 3.05. The second kappa shape index (κ2) is 9.47. The fraction of sp³-hybridized carbons (Fsp3) is 0.444. The summed E-state index contributed by atoms with van der Waals surface area (Å²) in [6.45, 7) is -1.92. The topological polar surface area (TPSA) is 85.5 Å². The molecule has 1 heterocycles. The summed E-state index contributed by atoms with van der Waals surface area (Å²) in [5, 5.41) is 11.3. The summed E-state index contributed by atoms with van der Waals surface area (Å²) in [7, 11) is -10.5. The van der Waals surface area contributed by atoms with Crippen molar-refractivity contribution >= 4 is 55.0 Å². The summed E-state index contributed by atoms with van der Waals surface area (Å²) in [6.07, 6.45) is -4.67. The molecule has 0 saturated heterocycles. The lowest BCUT2D eigenvalue weighted by molar-refractivity contribution is -0.117. The Balaban J connectivity index is 3.02. The molecule has 0 aliphatic rings. The zero-order chi connectivity index (χ0) is 29.7. The van der Waals surface area contributed by atoms with Crippen LogP contribution in [0, 0.1) is 11.3 Å². The summed E-state index contributed by atoms with van der Waals surface area (Å²) in [4.78, 5) is 0.340. The molecular formula is C18H20Cl2F8N6O2S2. The molecule has 0 bridgehead atoms. The molecule has 1 aromatic heterocycles. The first-order valence-corrected chi connectivity index (χ1v) is 14.5. The van der Waals surface area contributed by atoms with Crippen molar-refractivity contribution in [1.82, 2.24) is 14.7 Å². The van der Waals surface area contributed by atoms with Crippen LogP contribution in [0.3, 0.4) is 0 Å². The Morgan fingerprint density at radius 2 is 1.55 bits per heavy atom. The van der Waals surface area contributed by atoms with Crippen molar-refractivity contribution in [2.24, 2.45) is 0 Å². The molecule has 2 rings (SSSR count). The van der Waals surface area contributed by atoms with Crippen LogP contribution in [0.25, 0.3) is 5.69 Å². The van der Waals surface area contributed by atoms with Crippen LogP contribution in [0.15, 0.2) is 17.0 Å². The maximum absolute atomic E-state index is 13.4. The Kier molecular flexibility index (Phi) is 7.98. The number of alkyl halides is 3. The molecule has 0 N–H and O–H groups in total. The fourth-order valence-corrected chi connectivity index (χ4v) is 5.49. The molecule has 0 saturated carbocycles. The number of anilines is 2. The Bertz CT molecular complexity index is 1370. The van der Waals surface area contributed by atoms with Crippen LogP contribution in [0.5, 0.6) is 0 Å². The van der Waals surface area contributed by atoms with Crippen molar-refractivity contribution in [3.63, 3.8) is 0 Å². The lowest BCUT2D eigenvalue weighted by Gasteiger charge is -2.40. The molecule has 0 atom stereocenters. The maximum Gasteiger partial charge on any atom is 0.407 e. The molecule has 0 spiro atoms. The lowest BCUT2D eigenvalue weighted by atomic mass is 10.3. The van der Waals surface area contributed by atoms with Gasteiger partial charge in [0.1, 0.15) is 28.9 Å². The number of sulfonamides is 1. The molecule has 1 aromatic carbocycles. The van der Waals surface area contributed by atoms with Crippen LogP contribution in [0.1, 0.15) is 5.69 Å². The highest BCUT2D eigenvalue weighted by molar-refractivity contribution is 8.45. The fourth-order valence-electron chi connectivity index (χ4n) is 3.15. The monoisotopic (exact) mass is 638 g/mol. The first kappa shape index (κ1) is 32.0. The van der Waals surface area contributed by atoms with Gasteiger partial charge >= 0.3 is 16.4 Å². The Morgan fingerprint density at radius 1 is 1.05 bits per heavy atom. The van der Waals surface area contributed by atoms with E-state index in [0.29, 0.717) is 10.9 Å². The largest absolute Gasteiger partial charge is 0.407 e. The van der Waals surface area contributed by atoms with Gasteiger partial charge in [0, 0.05) is 20.1 Å². The van der Waals surface area contributed by atoms with Gasteiger partial charge in [-0.25, -0.2) is 13.1 Å². The average molecular weight is 639 g/mol. The highest BCUT2D eigenvalue weighted by atomic mass is 35.5.